The van der Waals surface area contributed by atoms with Crippen LogP contribution in [0.15, 0.2) is 48.5 Å². The van der Waals surface area contributed by atoms with Crippen LogP contribution in [0.4, 0.5) is 5.69 Å². The number of carbonyl (C=O) groups is 1. The highest BCUT2D eigenvalue weighted by molar-refractivity contribution is 6.06. The van der Waals surface area contributed by atoms with Gasteiger partial charge in [-0.1, -0.05) is 32.0 Å². The summed E-state index contributed by atoms with van der Waals surface area (Å²) in [6, 6.07) is 14.7. The summed E-state index contributed by atoms with van der Waals surface area (Å²) in [6.07, 6.45) is 0.760. The Labute approximate surface area is 164 Å². The van der Waals surface area contributed by atoms with Gasteiger partial charge in [0.05, 0.1) is 25.6 Å². The van der Waals surface area contributed by atoms with E-state index in [1.54, 1.807) is 32.4 Å². The van der Waals surface area contributed by atoms with Crippen LogP contribution in [0.2, 0.25) is 0 Å². The molecule has 3 rings (SSSR count). The Morgan fingerprint density at radius 3 is 2.50 bits per heavy atom. The maximum Gasteiger partial charge on any atom is 0.255 e. The van der Waals surface area contributed by atoms with Crippen LogP contribution in [-0.4, -0.2) is 30.3 Å². The molecule has 2 aromatic carbocycles. The summed E-state index contributed by atoms with van der Waals surface area (Å²) >= 11 is 0. The molecule has 0 saturated carbocycles. The molecule has 28 heavy (non-hydrogen) atoms. The number of aromatic amines is 1. The molecule has 0 bridgehead atoms. The third kappa shape index (κ3) is 4.17. The highest BCUT2D eigenvalue weighted by Crippen LogP contribution is 2.38. The molecule has 0 spiro atoms. The standard InChI is InChI=1S/C22H25N3O3/c1-14(2)12-18-21(23-22(26)15-8-6-5-7-9-15)20(25-24-18)17-11-10-16(27-3)13-19(17)28-4/h5-11,13-14H,12H2,1-4H3,(H,23,26)(H,24,25). The van der Waals surface area contributed by atoms with E-state index in [-0.39, 0.29) is 5.91 Å². The minimum Gasteiger partial charge on any atom is -0.497 e. The normalized spacial score (nSPS) is 10.8. The first-order chi connectivity index (χ1) is 13.5. The van der Waals surface area contributed by atoms with Crippen molar-refractivity contribution in [3.05, 3.63) is 59.8 Å². The lowest BCUT2D eigenvalue weighted by Crippen LogP contribution is -2.14. The number of H-pyrrole nitrogens is 1. The van der Waals surface area contributed by atoms with E-state index in [4.69, 9.17) is 9.47 Å². The average Bonchev–Trinajstić information content (AvgIpc) is 3.09. The quantitative estimate of drug-likeness (QED) is 0.632. The average molecular weight is 379 g/mol. The zero-order valence-corrected chi connectivity index (χ0v) is 16.6. The Kier molecular flexibility index (Phi) is 5.99. The number of anilines is 1. The maximum atomic E-state index is 12.8. The third-order valence-electron chi connectivity index (χ3n) is 4.39. The number of nitrogens with zero attached hydrogens (tertiary/aromatic N) is 1. The van der Waals surface area contributed by atoms with Gasteiger partial charge in [-0.3, -0.25) is 9.89 Å². The molecule has 0 unspecified atom stereocenters. The van der Waals surface area contributed by atoms with E-state index in [0.717, 1.165) is 17.7 Å². The van der Waals surface area contributed by atoms with Gasteiger partial charge in [-0.2, -0.15) is 5.10 Å². The summed E-state index contributed by atoms with van der Waals surface area (Å²) in [6.45, 7) is 4.24. The first-order valence-electron chi connectivity index (χ1n) is 9.19. The molecule has 0 fully saturated rings. The SMILES string of the molecule is COc1ccc(-c2n[nH]c(CC(C)C)c2NC(=O)c2ccccc2)c(OC)c1. The van der Waals surface area contributed by atoms with Gasteiger partial charge >= 0.3 is 0 Å². The van der Waals surface area contributed by atoms with Crippen molar-refractivity contribution in [1.29, 1.82) is 0 Å². The van der Waals surface area contributed by atoms with Crippen LogP contribution in [0.5, 0.6) is 11.5 Å². The number of nitrogens with one attached hydrogen (secondary N) is 2. The van der Waals surface area contributed by atoms with Crippen LogP contribution in [0, 0.1) is 5.92 Å². The van der Waals surface area contributed by atoms with E-state index in [0.29, 0.717) is 34.4 Å². The number of rotatable bonds is 7. The number of carbonyl (C=O) groups excluding carboxylic acids is 1. The molecule has 0 aliphatic carbocycles. The molecule has 1 aromatic heterocycles. The number of hydrogen-bond donors (Lipinski definition) is 2. The summed E-state index contributed by atoms with van der Waals surface area (Å²) in [5.74, 6) is 1.53. The first-order valence-corrected chi connectivity index (χ1v) is 9.19. The molecule has 3 aromatic rings. The fourth-order valence-electron chi connectivity index (χ4n) is 3.03. The lowest BCUT2D eigenvalue weighted by molar-refractivity contribution is 0.102. The van der Waals surface area contributed by atoms with Crippen molar-refractivity contribution >= 4 is 11.6 Å². The molecule has 6 nitrogen and oxygen atoms in total. The van der Waals surface area contributed by atoms with Crippen molar-refractivity contribution in [2.24, 2.45) is 5.92 Å². The molecule has 0 radical (unpaired) electrons. The van der Waals surface area contributed by atoms with Gasteiger partial charge in [0.1, 0.15) is 17.2 Å². The molecule has 1 heterocycles. The second-order valence-corrected chi connectivity index (χ2v) is 6.91. The van der Waals surface area contributed by atoms with Gasteiger partial charge in [0.15, 0.2) is 0 Å². The zero-order valence-electron chi connectivity index (χ0n) is 16.6. The second kappa shape index (κ2) is 8.61. The van der Waals surface area contributed by atoms with Crippen LogP contribution in [-0.2, 0) is 6.42 Å². The fourth-order valence-corrected chi connectivity index (χ4v) is 3.03. The van der Waals surface area contributed by atoms with Gasteiger partial charge < -0.3 is 14.8 Å². The molecule has 2 N–H and O–H groups in total. The summed E-state index contributed by atoms with van der Waals surface area (Å²) in [4.78, 5) is 12.8. The Hall–Kier alpha value is -3.28. The molecule has 6 heteroatoms. The lowest BCUT2D eigenvalue weighted by atomic mass is 10.0. The van der Waals surface area contributed by atoms with Gasteiger partial charge in [-0.05, 0) is 36.6 Å². The number of amides is 1. The number of benzene rings is 2. The molecule has 0 aliphatic rings. The number of aromatic nitrogens is 2. The van der Waals surface area contributed by atoms with Crippen molar-refractivity contribution in [3.63, 3.8) is 0 Å². The highest BCUT2D eigenvalue weighted by Gasteiger charge is 2.21. The number of methoxy groups -OCH3 is 2. The fraction of sp³-hybridized carbons (Fsp3) is 0.273. The van der Waals surface area contributed by atoms with E-state index in [1.165, 1.54) is 0 Å². The Morgan fingerprint density at radius 1 is 1.11 bits per heavy atom. The molecule has 0 atom stereocenters. The van der Waals surface area contributed by atoms with Crippen LogP contribution < -0.4 is 14.8 Å². The largest absolute Gasteiger partial charge is 0.497 e. The smallest absolute Gasteiger partial charge is 0.255 e. The van der Waals surface area contributed by atoms with Gasteiger partial charge in [0, 0.05) is 17.2 Å². The monoisotopic (exact) mass is 379 g/mol. The van der Waals surface area contributed by atoms with Crippen LogP contribution >= 0.6 is 0 Å². The van der Waals surface area contributed by atoms with Gasteiger partial charge in [-0.25, -0.2) is 0 Å². The van der Waals surface area contributed by atoms with Crippen LogP contribution in [0.25, 0.3) is 11.3 Å². The summed E-state index contributed by atoms with van der Waals surface area (Å²) in [5, 5.41) is 10.6. The third-order valence-corrected chi connectivity index (χ3v) is 4.39. The van der Waals surface area contributed by atoms with Crippen LogP contribution in [0.1, 0.15) is 29.9 Å². The Bertz CT molecular complexity index is 949. The van der Waals surface area contributed by atoms with Crippen molar-refractivity contribution in [2.45, 2.75) is 20.3 Å². The lowest BCUT2D eigenvalue weighted by Gasteiger charge is -2.13. The van der Waals surface area contributed by atoms with E-state index in [1.807, 2.05) is 30.3 Å². The number of ether oxygens (including phenoxy) is 2. The van der Waals surface area contributed by atoms with Crippen molar-refractivity contribution in [1.82, 2.24) is 10.2 Å². The molecule has 1 amide bonds. The molecule has 0 aliphatic heterocycles. The first kappa shape index (κ1) is 19.5. The summed E-state index contributed by atoms with van der Waals surface area (Å²) in [5.41, 5.74) is 3.56. The molecule has 0 saturated heterocycles. The molecular weight excluding hydrogens is 354 g/mol. The van der Waals surface area contributed by atoms with Gasteiger partial charge in [-0.15, -0.1) is 0 Å². The van der Waals surface area contributed by atoms with Gasteiger partial charge in [0.25, 0.3) is 5.91 Å². The predicted molar refractivity (Wildman–Crippen MR) is 110 cm³/mol. The van der Waals surface area contributed by atoms with E-state index in [2.05, 4.69) is 29.4 Å². The molecule has 146 valence electrons. The van der Waals surface area contributed by atoms with Crippen molar-refractivity contribution in [3.8, 4) is 22.8 Å². The maximum absolute atomic E-state index is 12.8. The predicted octanol–water partition coefficient (Wildman–Crippen LogP) is 4.54. The van der Waals surface area contributed by atoms with Crippen molar-refractivity contribution in [2.75, 3.05) is 19.5 Å². The second-order valence-electron chi connectivity index (χ2n) is 6.91. The topological polar surface area (TPSA) is 76.2 Å². The van der Waals surface area contributed by atoms with E-state index >= 15 is 0 Å². The Morgan fingerprint density at radius 2 is 1.86 bits per heavy atom. The summed E-state index contributed by atoms with van der Waals surface area (Å²) in [7, 11) is 3.21. The van der Waals surface area contributed by atoms with E-state index < -0.39 is 0 Å². The van der Waals surface area contributed by atoms with Gasteiger partial charge in [0.2, 0.25) is 0 Å². The highest BCUT2D eigenvalue weighted by atomic mass is 16.5. The molecular formula is C22H25N3O3. The van der Waals surface area contributed by atoms with Crippen LogP contribution in [0.3, 0.4) is 0 Å². The zero-order chi connectivity index (χ0) is 20.1. The minimum atomic E-state index is -0.180. The van der Waals surface area contributed by atoms with E-state index in [9.17, 15) is 4.79 Å². The summed E-state index contributed by atoms with van der Waals surface area (Å²) < 4.78 is 10.8. The minimum absolute atomic E-state index is 0.180. The number of hydrogen-bond acceptors (Lipinski definition) is 4. The Balaban J connectivity index is 2.05. The van der Waals surface area contributed by atoms with Crippen molar-refractivity contribution < 1.29 is 14.3 Å².